The lowest BCUT2D eigenvalue weighted by atomic mass is 10.3. The van der Waals surface area contributed by atoms with Crippen molar-refractivity contribution >= 4 is 28.6 Å². The zero-order valence-electron chi connectivity index (χ0n) is 12.4. The van der Waals surface area contributed by atoms with E-state index in [2.05, 4.69) is 25.2 Å². The third kappa shape index (κ3) is 3.66. The fourth-order valence-electron chi connectivity index (χ4n) is 2.46. The molecule has 0 atom stereocenters. The average molecular weight is 303 g/mol. The zero-order valence-corrected chi connectivity index (χ0v) is 12.4. The Hall–Kier alpha value is -2.32. The molecule has 1 fully saturated rings. The molecule has 2 aromatic rings. The molecule has 0 unspecified atom stereocenters. The van der Waals surface area contributed by atoms with Crippen molar-refractivity contribution in [1.29, 1.82) is 0 Å². The second-order valence-corrected chi connectivity index (χ2v) is 5.20. The normalized spacial score (nSPS) is 15.8. The number of H-pyrrole nitrogens is 1. The van der Waals surface area contributed by atoms with E-state index in [1.165, 1.54) is 0 Å². The van der Waals surface area contributed by atoms with E-state index >= 15 is 0 Å². The van der Waals surface area contributed by atoms with Gasteiger partial charge in [0.15, 0.2) is 5.96 Å². The molecule has 22 heavy (non-hydrogen) atoms. The highest BCUT2D eigenvalue weighted by Crippen LogP contribution is 2.20. The van der Waals surface area contributed by atoms with Gasteiger partial charge < -0.3 is 26.5 Å². The molecule has 118 valence electrons. The van der Waals surface area contributed by atoms with Gasteiger partial charge in [-0.3, -0.25) is 4.90 Å². The van der Waals surface area contributed by atoms with Crippen molar-refractivity contribution in [2.75, 3.05) is 44.7 Å². The van der Waals surface area contributed by atoms with Gasteiger partial charge in [0, 0.05) is 26.2 Å². The van der Waals surface area contributed by atoms with Crippen LogP contribution in [0.3, 0.4) is 0 Å². The first kappa shape index (κ1) is 14.6. The van der Waals surface area contributed by atoms with Crippen LogP contribution in [0, 0.1) is 0 Å². The van der Waals surface area contributed by atoms with Crippen LogP contribution in [0.15, 0.2) is 23.2 Å². The third-order valence-electron chi connectivity index (χ3n) is 3.55. The summed E-state index contributed by atoms with van der Waals surface area (Å²) < 4.78 is 5.33. The number of nitrogens with one attached hydrogen (secondary N) is 2. The standard InChI is InChI=1S/C14H21N7O/c15-13(16)18-10-1-2-11-12(9-10)20-14(19-11)17-3-4-21-5-7-22-8-6-21/h1-2,9H,3-8H2,(H4,15,16,18)(H2,17,19,20). The molecule has 0 bridgehead atoms. The van der Waals surface area contributed by atoms with Gasteiger partial charge in [-0.2, -0.15) is 0 Å². The molecule has 6 N–H and O–H groups in total. The summed E-state index contributed by atoms with van der Waals surface area (Å²) in [4.78, 5) is 14.1. The number of guanidine groups is 1. The lowest BCUT2D eigenvalue weighted by molar-refractivity contribution is 0.0398. The number of nitrogens with two attached hydrogens (primary N) is 2. The van der Waals surface area contributed by atoms with Gasteiger partial charge in [-0.25, -0.2) is 9.98 Å². The van der Waals surface area contributed by atoms with Gasteiger partial charge in [-0.1, -0.05) is 0 Å². The summed E-state index contributed by atoms with van der Waals surface area (Å²) in [6, 6.07) is 5.59. The lowest BCUT2D eigenvalue weighted by Crippen LogP contribution is -2.39. The van der Waals surface area contributed by atoms with E-state index in [0.29, 0.717) is 5.69 Å². The molecular formula is C14H21N7O. The number of aromatic amines is 1. The molecule has 0 amide bonds. The van der Waals surface area contributed by atoms with Crippen molar-refractivity contribution in [3.8, 4) is 0 Å². The maximum Gasteiger partial charge on any atom is 0.201 e. The molecule has 1 aromatic heterocycles. The highest BCUT2D eigenvalue weighted by molar-refractivity contribution is 5.84. The molecule has 1 aliphatic heterocycles. The van der Waals surface area contributed by atoms with Crippen LogP contribution >= 0.6 is 0 Å². The van der Waals surface area contributed by atoms with E-state index in [0.717, 1.165) is 56.4 Å². The number of ether oxygens (including phenoxy) is 1. The van der Waals surface area contributed by atoms with Crippen LogP contribution in [-0.2, 0) is 4.74 Å². The quantitative estimate of drug-likeness (QED) is 0.463. The van der Waals surface area contributed by atoms with Crippen molar-refractivity contribution in [1.82, 2.24) is 14.9 Å². The van der Waals surface area contributed by atoms with Crippen molar-refractivity contribution in [2.45, 2.75) is 0 Å². The summed E-state index contributed by atoms with van der Waals surface area (Å²) in [5, 5.41) is 3.31. The van der Waals surface area contributed by atoms with Crippen LogP contribution < -0.4 is 16.8 Å². The van der Waals surface area contributed by atoms with Gasteiger partial charge in [0.25, 0.3) is 0 Å². The van der Waals surface area contributed by atoms with Gasteiger partial charge in [-0.05, 0) is 18.2 Å². The molecule has 0 aliphatic carbocycles. The number of hydrogen-bond acceptors (Lipinski definition) is 5. The van der Waals surface area contributed by atoms with E-state index in [9.17, 15) is 0 Å². The van der Waals surface area contributed by atoms with Crippen LogP contribution in [0.25, 0.3) is 11.0 Å². The highest BCUT2D eigenvalue weighted by Gasteiger charge is 2.10. The van der Waals surface area contributed by atoms with Gasteiger partial charge in [0.2, 0.25) is 5.95 Å². The number of aromatic nitrogens is 2. The molecule has 8 heteroatoms. The number of fused-ring (bicyclic) bond motifs is 1. The Balaban J connectivity index is 1.60. The lowest BCUT2D eigenvalue weighted by Gasteiger charge is -2.26. The van der Waals surface area contributed by atoms with E-state index in [-0.39, 0.29) is 5.96 Å². The highest BCUT2D eigenvalue weighted by atomic mass is 16.5. The van der Waals surface area contributed by atoms with Gasteiger partial charge in [-0.15, -0.1) is 0 Å². The summed E-state index contributed by atoms with van der Waals surface area (Å²) >= 11 is 0. The minimum absolute atomic E-state index is 0.0442. The van der Waals surface area contributed by atoms with Crippen molar-refractivity contribution in [2.24, 2.45) is 16.5 Å². The average Bonchev–Trinajstić information content (AvgIpc) is 2.89. The fourth-order valence-corrected chi connectivity index (χ4v) is 2.46. The van der Waals surface area contributed by atoms with Gasteiger partial charge >= 0.3 is 0 Å². The van der Waals surface area contributed by atoms with Crippen LogP contribution in [0.4, 0.5) is 11.6 Å². The van der Waals surface area contributed by atoms with Crippen molar-refractivity contribution < 1.29 is 4.74 Å². The van der Waals surface area contributed by atoms with Crippen LogP contribution in [0.1, 0.15) is 0 Å². The number of imidazole rings is 1. The summed E-state index contributed by atoms with van der Waals surface area (Å²) in [6.07, 6.45) is 0. The number of aliphatic imine (C=N–C) groups is 1. The molecule has 1 aromatic carbocycles. The predicted molar refractivity (Wildman–Crippen MR) is 87.3 cm³/mol. The maximum atomic E-state index is 5.39. The monoisotopic (exact) mass is 303 g/mol. The minimum atomic E-state index is 0.0442. The largest absolute Gasteiger partial charge is 0.379 e. The number of nitrogens with zero attached hydrogens (tertiary/aromatic N) is 3. The Morgan fingerprint density at radius 3 is 2.95 bits per heavy atom. The Morgan fingerprint density at radius 2 is 2.18 bits per heavy atom. The Morgan fingerprint density at radius 1 is 1.36 bits per heavy atom. The smallest absolute Gasteiger partial charge is 0.201 e. The van der Waals surface area contributed by atoms with E-state index < -0.39 is 0 Å². The Bertz CT molecular complexity index is 656. The van der Waals surface area contributed by atoms with Gasteiger partial charge in [0.1, 0.15) is 0 Å². The third-order valence-corrected chi connectivity index (χ3v) is 3.55. The van der Waals surface area contributed by atoms with E-state index in [1.54, 1.807) is 0 Å². The van der Waals surface area contributed by atoms with E-state index in [4.69, 9.17) is 16.2 Å². The Labute approximate surface area is 128 Å². The number of anilines is 1. The fraction of sp³-hybridized carbons (Fsp3) is 0.429. The molecule has 8 nitrogen and oxygen atoms in total. The molecule has 2 heterocycles. The number of rotatable bonds is 5. The number of morpholine rings is 1. The first-order chi connectivity index (χ1) is 10.7. The Kier molecular flexibility index (Phi) is 4.40. The summed E-state index contributed by atoms with van der Waals surface area (Å²) in [6.45, 7) is 5.42. The molecule has 1 saturated heterocycles. The molecular weight excluding hydrogens is 282 g/mol. The van der Waals surface area contributed by atoms with Crippen LogP contribution in [-0.4, -0.2) is 60.2 Å². The number of hydrogen-bond donors (Lipinski definition) is 4. The molecule has 0 spiro atoms. The van der Waals surface area contributed by atoms with Crippen LogP contribution in [0.2, 0.25) is 0 Å². The minimum Gasteiger partial charge on any atom is -0.379 e. The summed E-state index contributed by atoms with van der Waals surface area (Å²) in [7, 11) is 0. The first-order valence-electron chi connectivity index (χ1n) is 7.34. The van der Waals surface area contributed by atoms with Crippen molar-refractivity contribution in [3.63, 3.8) is 0 Å². The van der Waals surface area contributed by atoms with Crippen LogP contribution in [0.5, 0.6) is 0 Å². The molecule has 0 saturated carbocycles. The molecule has 1 aliphatic rings. The SMILES string of the molecule is NC(N)=Nc1ccc2nc(NCCN3CCOCC3)[nH]c2c1. The number of benzene rings is 1. The maximum absolute atomic E-state index is 5.39. The second-order valence-electron chi connectivity index (χ2n) is 5.20. The summed E-state index contributed by atoms with van der Waals surface area (Å²) in [5.41, 5.74) is 13.3. The predicted octanol–water partition coefficient (Wildman–Crippen LogP) is 0.212. The van der Waals surface area contributed by atoms with E-state index in [1.807, 2.05) is 18.2 Å². The zero-order chi connectivity index (χ0) is 15.4. The van der Waals surface area contributed by atoms with Crippen molar-refractivity contribution in [3.05, 3.63) is 18.2 Å². The second kappa shape index (κ2) is 6.63. The summed E-state index contributed by atoms with van der Waals surface area (Å²) in [5.74, 6) is 0.799. The molecule has 3 rings (SSSR count). The topological polar surface area (TPSA) is 118 Å². The van der Waals surface area contributed by atoms with Gasteiger partial charge in [0.05, 0.1) is 29.9 Å². The first-order valence-corrected chi connectivity index (χ1v) is 7.34. The molecule has 0 radical (unpaired) electrons.